The third-order valence-electron chi connectivity index (χ3n) is 1.17. The summed E-state index contributed by atoms with van der Waals surface area (Å²) in [4.78, 5) is 0. The van der Waals surface area contributed by atoms with Gasteiger partial charge < -0.3 is 4.29 Å². The average Bonchev–Trinajstić information content (AvgIpc) is 1.88. The fourth-order valence-electron chi connectivity index (χ4n) is 0.668. The van der Waals surface area contributed by atoms with Gasteiger partial charge in [0.1, 0.15) is 11.9 Å². The quantitative estimate of drug-likeness (QED) is 0.614. The van der Waals surface area contributed by atoms with E-state index in [2.05, 4.69) is 4.29 Å². The lowest BCUT2D eigenvalue weighted by Crippen LogP contribution is -1.82. The Morgan fingerprint density at radius 1 is 1.50 bits per heavy atom. The van der Waals surface area contributed by atoms with Crippen LogP contribution in [0.25, 0.3) is 0 Å². The summed E-state index contributed by atoms with van der Waals surface area (Å²) in [5.74, 6) is -0.373. The molecule has 1 aromatic carbocycles. The molecule has 0 N–H and O–H groups in total. The number of benzene rings is 1. The summed E-state index contributed by atoms with van der Waals surface area (Å²) in [6.45, 7) is 1.79. The maximum absolute atomic E-state index is 12.6. The van der Waals surface area contributed by atoms with Gasteiger partial charge in [0.25, 0.3) is 0 Å². The molecule has 54 valence electrons. The molecule has 0 heterocycles. The van der Waals surface area contributed by atoms with Gasteiger partial charge in [0.2, 0.25) is 0 Å². The monoisotopic (exact) mass is 160 g/mol. The average molecular weight is 161 g/mol. The summed E-state index contributed by atoms with van der Waals surface area (Å²) in [5.41, 5.74) is 0.843. The summed E-state index contributed by atoms with van der Waals surface area (Å²) in [6.07, 6.45) is 0. The van der Waals surface area contributed by atoms with Crippen molar-refractivity contribution in [3.05, 3.63) is 29.6 Å². The molecule has 1 rings (SSSR count). The molecule has 0 saturated heterocycles. The lowest BCUT2D eigenvalue weighted by atomic mass is 10.2. The van der Waals surface area contributed by atoms with Crippen molar-refractivity contribution in [1.82, 2.24) is 0 Å². The van der Waals surface area contributed by atoms with E-state index in [1.807, 2.05) is 0 Å². The zero-order valence-corrected chi connectivity index (χ0v) is 6.15. The van der Waals surface area contributed by atoms with E-state index in [4.69, 9.17) is 11.9 Å². The molecule has 0 spiro atoms. The Balaban J connectivity index is 3.07. The van der Waals surface area contributed by atoms with Crippen molar-refractivity contribution in [3.8, 4) is 5.75 Å². The molecule has 0 unspecified atom stereocenters. The van der Waals surface area contributed by atoms with Gasteiger partial charge in [-0.25, -0.2) is 4.39 Å². The molecule has 0 atom stereocenters. The van der Waals surface area contributed by atoms with Gasteiger partial charge in [-0.15, -0.1) is 0 Å². The van der Waals surface area contributed by atoms with Crippen molar-refractivity contribution in [3.63, 3.8) is 0 Å². The second-order valence-electron chi connectivity index (χ2n) is 2.01. The van der Waals surface area contributed by atoms with E-state index in [9.17, 15) is 4.39 Å². The molecule has 1 aromatic rings. The van der Waals surface area contributed by atoms with Gasteiger partial charge in [0.05, 0.1) is 0 Å². The zero-order chi connectivity index (χ0) is 7.56. The van der Waals surface area contributed by atoms with Crippen molar-refractivity contribution < 1.29 is 8.68 Å². The number of hydrogen-bond donors (Lipinski definition) is 0. The SMILES string of the molecule is Cc1ccc(OCl)c(F)c1. The Labute approximate surface area is 63.6 Å². The highest BCUT2D eigenvalue weighted by atomic mass is 35.5. The fourth-order valence-corrected chi connectivity index (χ4v) is 0.794. The molecule has 0 fully saturated rings. The minimum Gasteiger partial charge on any atom is -0.382 e. The van der Waals surface area contributed by atoms with E-state index in [1.165, 1.54) is 12.1 Å². The Hall–Kier alpha value is -0.760. The second kappa shape index (κ2) is 2.88. The van der Waals surface area contributed by atoms with Crippen LogP contribution in [0.5, 0.6) is 5.75 Å². The van der Waals surface area contributed by atoms with Crippen molar-refractivity contribution in [2.75, 3.05) is 0 Å². The van der Waals surface area contributed by atoms with Crippen molar-refractivity contribution in [2.45, 2.75) is 6.92 Å². The summed E-state index contributed by atoms with van der Waals surface area (Å²) in [7, 11) is 0. The van der Waals surface area contributed by atoms with E-state index in [0.717, 1.165) is 5.56 Å². The minimum absolute atomic E-state index is 0.0623. The fraction of sp³-hybridized carbons (Fsp3) is 0.143. The first-order chi connectivity index (χ1) is 4.74. The predicted molar refractivity (Wildman–Crippen MR) is 37.6 cm³/mol. The van der Waals surface area contributed by atoms with E-state index in [-0.39, 0.29) is 5.75 Å². The first-order valence-corrected chi connectivity index (χ1v) is 3.09. The molecule has 3 heteroatoms. The summed E-state index contributed by atoms with van der Waals surface area (Å²) in [5, 5.41) is 0. The molecular weight excluding hydrogens is 155 g/mol. The zero-order valence-electron chi connectivity index (χ0n) is 5.40. The summed E-state index contributed by atoms with van der Waals surface area (Å²) < 4.78 is 16.8. The molecular formula is C7H6ClFO. The van der Waals surface area contributed by atoms with Crippen LogP contribution < -0.4 is 4.29 Å². The van der Waals surface area contributed by atoms with Crippen LogP contribution in [0.4, 0.5) is 4.39 Å². The molecule has 0 radical (unpaired) electrons. The van der Waals surface area contributed by atoms with E-state index < -0.39 is 5.82 Å². The van der Waals surface area contributed by atoms with E-state index >= 15 is 0 Å². The second-order valence-corrected chi connectivity index (χ2v) is 2.17. The minimum atomic E-state index is -0.435. The normalized spacial score (nSPS) is 9.50. The Bertz CT molecular complexity index is 237. The molecule has 0 aliphatic rings. The first-order valence-electron chi connectivity index (χ1n) is 2.79. The van der Waals surface area contributed by atoms with Crippen LogP contribution in [0, 0.1) is 12.7 Å². The summed E-state index contributed by atoms with van der Waals surface area (Å²) >= 11 is 4.94. The van der Waals surface area contributed by atoms with Gasteiger partial charge in [-0.2, -0.15) is 0 Å². The van der Waals surface area contributed by atoms with Crippen molar-refractivity contribution >= 4 is 11.9 Å². The van der Waals surface area contributed by atoms with Crippen LogP contribution in [0.2, 0.25) is 0 Å². The van der Waals surface area contributed by atoms with Crippen LogP contribution >= 0.6 is 11.9 Å². The highest BCUT2D eigenvalue weighted by Crippen LogP contribution is 2.18. The van der Waals surface area contributed by atoms with Gasteiger partial charge in [-0.3, -0.25) is 0 Å². The van der Waals surface area contributed by atoms with E-state index in [1.54, 1.807) is 13.0 Å². The van der Waals surface area contributed by atoms with Gasteiger partial charge in [0.15, 0.2) is 11.6 Å². The largest absolute Gasteiger partial charge is 0.382 e. The Kier molecular flexibility index (Phi) is 2.12. The van der Waals surface area contributed by atoms with Gasteiger partial charge in [-0.05, 0) is 24.6 Å². The van der Waals surface area contributed by atoms with Crippen molar-refractivity contribution in [1.29, 1.82) is 0 Å². The van der Waals surface area contributed by atoms with Crippen LogP contribution in [0.1, 0.15) is 5.56 Å². The molecule has 0 amide bonds. The lowest BCUT2D eigenvalue weighted by Gasteiger charge is -1.97. The molecule has 0 aromatic heterocycles. The predicted octanol–water partition coefficient (Wildman–Crippen LogP) is 2.67. The maximum Gasteiger partial charge on any atom is 0.181 e. The third-order valence-corrected chi connectivity index (χ3v) is 1.34. The highest BCUT2D eigenvalue weighted by Gasteiger charge is 2.00. The van der Waals surface area contributed by atoms with Crippen molar-refractivity contribution in [2.24, 2.45) is 0 Å². The van der Waals surface area contributed by atoms with Crippen LogP contribution in [-0.4, -0.2) is 0 Å². The molecule has 1 nitrogen and oxygen atoms in total. The number of rotatable bonds is 1. The molecule has 10 heavy (non-hydrogen) atoms. The highest BCUT2D eigenvalue weighted by molar-refractivity contribution is 6.09. The van der Waals surface area contributed by atoms with Crippen LogP contribution in [0.3, 0.4) is 0 Å². The number of hydrogen-bond acceptors (Lipinski definition) is 1. The topological polar surface area (TPSA) is 9.23 Å². The smallest absolute Gasteiger partial charge is 0.181 e. The van der Waals surface area contributed by atoms with E-state index in [0.29, 0.717) is 0 Å². The van der Waals surface area contributed by atoms with Gasteiger partial charge in [-0.1, -0.05) is 6.07 Å². The maximum atomic E-state index is 12.6. The number of aryl methyl sites for hydroxylation is 1. The molecule has 0 aliphatic heterocycles. The lowest BCUT2D eigenvalue weighted by molar-refractivity contribution is 0.528. The first kappa shape index (κ1) is 7.35. The van der Waals surface area contributed by atoms with Gasteiger partial charge in [0, 0.05) is 0 Å². The van der Waals surface area contributed by atoms with Crippen LogP contribution in [-0.2, 0) is 0 Å². The van der Waals surface area contributed by atoms with Gasteiger partial charge >= 0.3 is 0 Å². The Morgan fingerprint density at radius 2 is 2.20 bits per heavy atom. The number of halogens is 2. The standard InChI is InChI=1S/C7H6ClFO/c1-5-2-3-7(10-8)6(9)4-5/h2-4H,1H3. The molecule has 0 bridgehead atoms. The van der Waals surface area contributed by atoms with Crippen LogP contribution in [0.15, 0.2) is 18.2 Å². The Morgan fingerprint density at radius 3 is 2.70 bits per heavy atom. The molecule has 0 aliphatic carbocycles. The summed E-state index contributed by atoms with van der Waals surface area (Å²) in [6, 6.07) is 4.57. The third kappa shape index (κ3) is 1.39. The molecule has 0 saturated carbocycles.